The predicted octanol–water partition coefficient (Wildman–Crippen LogP) is 2.46. The average Bonchev–Trinajstić information content (AvgIpc) is 2.67. The molecule has 0 aromatic rings. The van der Waals surface area contributed by atoms with Crippen LogP contribution in [0.25, 0.3) is 0 Å². The van der Waals surface area contributed by atoms with Gasteiger partial charge in [-0.3, -0.25) is 0 Å². The van der Waals surface area contributed by atoms with E-state index in [1.54, 1.807) is 0 Å². The first-order valence-electron chi connectivity index (χ1n) is 6.64. The number of aliphatic hydroxyl groups is 1. The summed E-state index contributed by atoms with van der Waals surface area (Å²) in [7, 11) is 0. The SMILES string of the molecule is CC1CCCC(O)(CNC2CCCC2)C1. The standard InChI is InChI=1S/C13H25NO/c1-11-5-4-8-13(15,9-11)10-14-12-6-2-3-7-12/h11-12,14-15H,2-10H2,1H3. The Kier molecular flexibility index (Phi) is 3.68. The van der Waals surface area contributed by atoms with E-state index in [4.69, 9.17) is 0 Å². The molecule has 2 N–H and O–H groups in total. The fourth-order valence-electron chi connectivity index (χ4n) is 3.26. The molecule has 0 bridgehead atoms. The lowest BCUT2D eigenvalue weighted by Crippen LogP contribution is -2.46. The van der Waals surface area contributed by atoms with E-state index in [1.165, 1.54) is 38.5 Å². The van der Waals surface area contributed by atoms with Crippen LogP contribution < -0.4 is 5.32 Å². The van der Waals surface area contributed by atoms with Crippen molar-refractivity contribution in [1.82, 2.24) is 5.32 Å². The summed E-state index contributed by atoms with van der Waals surface area (Å²) in [5.41, 5.74) is -0.403. The van der Waals surface area contributed by atoms with Crippen LogP contribution in [0.1, 0.15) is 58.3 Å². The molecule has 0 aliphatic heterocycles. The maximum Gasteiger partial charge on any atom is 0.0774 e. The molecule has 0 amide bonds. The molecule has 2 heteroatoms. The van der Waals surface area contributed by atoms with Crippen molar-refractivity contribution in [2.75, 3.05) is 6.54 Å². The highest BCUT2D eigenvalue weighted by atomic mass is 16.3. The van der Waals surface area contributed by atoms with Gasteiger partial charge in [0.15, 0.2) is 0 Å². The van der Waals surface area contributed by atoms with E-state index in [1.807, 2.05) is 0 Å². The highest BCUT2D eigenvalue weighted by Crippen LogP contribution is 2.32. The van der Waals surface area contributed by atoms with Gasteiger partial charge in [0.1, 0.15) is 0 Å². The molecular formula is C13H25NO. The predicted molar refractivity (Wildman–Crippen MR) is 62.8 cm³/mol. The van der Waals surface area contributed by atoms with E-state index in [2.05, 4.69) is 12.2 Å². The number of rotatable bonds is 3. The molecular weight excluding hydrogens is 186 g/mol. The Morgan fingerprint density at radius 2 is 1.93 bits per heavy atom. The summed E-state index contributed by atoms with van der Waals surface area (Å²) in [5.74, 6) is 0.703. The smallest absolute Gasteiger partial charge is 0.0774 e. The van der Waals surface area contributed by atoms with Gasteiger partial charge in [-0.25, -0.2) is 0 Å². The minimum atomic E-state index is -0.403. The van der Waals surface area contributed by atoms with Crippen LogP contribution in [0.5, 0.6) is 0 Å². The monoisotopic (exact) mass is 211 g/mol. The van der Waals surface area contributed by atoms with Gasteiger partial charge in [-0.2, -0.15) is 0 Å². The quantitative estimate of drug-likeness (QED) is 0.751. The molecule has 2 fully saturated rings. The summed E-state index contributed by atoms with van der Waals surface area (Å²) in [4.78, 5) is 0. The van der Waals surface area contributed by atoms with Crippen LogP contribution >= 0.6 is 0 Å². The number of nitrogens with one attached hydrogen (secondary N) is 1. The molecule has 0 aromatic heterocycles. The maximum absolute atomic E-state index is 10.4. The topological polar surface area (TPSA) is 32.3 Å². The van der Waals surface area contributed by atoms with Crippen molar-refractivity contribution in [3.05, 3.63) is 0 Å². The molecule has 2 rings (SSSR count). The number of hydrogen-bond acceptors (Lipinski definition) is 2. The van der Waals surface area contributed by atoms with Gasteiger partial charge >= 0.3 is 0 Å². The molecule has 2 aliphatic rings. The van der Waals surface area contributed by atoms with E-state index in [-0.39, 0.29) is 0 Å². The third-order valence-electron chi connectivity index (χ3n) is 4.14. The van der Waals surface area contributed by atoms with Crippen molar-refractivity contribution < 1.29 is 5.11 Å². The highest BCUT2D eigenvalue weighted by Gasteiger charge is 2.33. The van der Waals surface area contributed by atoms with E-state index >= 15 is 0 Å². The second kappa shape index (κ2) is 4.84. The summed E-state index contributed by atoms with van der Waals surface area (Å²) in [6.07, 6.45) is 9.84. The molecule has 0 aromatic carbocycles. The zero-order chi connectivity index (χ0) is 10.7. The van der Waals surface area contributed by atoms with Crippen LogP contribution in [0.2, 0.25) is 0 Å². The lowest BCUT2D eigenvalue weighted by molar-refractivity contribution is -0.0135. The molecule has 0 spiro atoms. The summed E-state index contributed by atoms with van der Waals surface area (Å²) < 4.78 is 0. The Morgan fingerprint density at radius 1 is 1.20 bits per heavy atom. The Morgan fingerprint density at radius 3 is 2.60 bits per heavy atom. The van der Waals surface area contributed by atoms with Crippen molar-refractivity contribution >= 4 is 0 Å². The Hall–Kier alpha value is -0.0800. The summed E-state index contributed by atoms with van der Waals surface area (Å²) >= 11 is 0. The van der Waals surface area contributed by atoms with Gasteiger partial charge in [-0.15, -0.1) is 0 Å². The normalized spacial score (nSPS) is 38.4. The van der Waals surface area contributed by atoms with Crippen LogP contribution in [0.15, 0.2) is 0 Å². The molecule has 0 saturated heterocycles. The van der Waals surface area contributed by atoms with Crippen LogP contribution in [0.4, 0.5) is 0 Å². The Balaban J connectivity index is 1.76. The molecule has 2 aliphatic carbocycles. The van der Waals surface area contributed by atoms with Gasteiger partial charge in [0.2, 0.25) is 0 Å². The molecule has 0 radical (unpaired) electrons. The van der Waals surface area contributed by atoms with Gasteiger partial charge < -0.3 is 10.4 Å². The van der Waals surface area contributed by atoms with Crippen molar-refractivity contribution in [3.63, 3.8) is 0 Å². The van der Waals surface area contributed by atoms with Crippen molar-refractivity contribution in [2.24, 2.45) is 5.92 Å². The highest BCUT2D eigenvalue weighted by molar-refractivity contribution is 4.88. The third kappa shape index (κ3) is 3.18. The zero-order valence-electron chi connectivity index (χ0n) is 9.97. The zero-order valence-corrected chi connectivity index (χ0v) is 9.97. The fraction of sp³-hybridized carbons (Fsp3) is 1.00. The summed E-state index contributed by atoms with van der Waals surface area (Å²) in [5, 5.41) is 14.0. The largest absolute Gasteiger partial charge is 0.389 e. The van der Waals surface area contributed by atoms with Crippen LogP contribution in [0, 0.1) is 5.92 Å². The minimum absolute atomic E-state index is 0.403. The summed E-state index contributed by atoms with van der Waals surface area (Å²) in [6.45, 7) is 3.09. The molecule has 2 atom stereocenters. The Labute approximate surface area is 93.5 Å². The first-order valence-corrected chi connectivity index (χ1v) is 6.64. The Bertz CT molecular complexity index is 201. The molecule has 0 heterocycles. The number of hydrogen-bond donors (Lipinski definition) is 2. The van der Waals surface area contributed by atoms with Gasteiger partial charge in [0.05, 0.1) is 5.60 Å². The minimum Gasteiger partial charge on any atom is -0.389 e. The first kappa shape index (κ1) is 11.4. The lowest BCUT2D eigenvalue weighted by atomic mass is 9.79. The van der Waals surface area contributed by atoms with E-state index in [9.17, 15) is 5.11 Å². The van der Waals surface area contributed by atoms with Crippen molar-refractivity contribution in [2.45, 2.75) is 69.9 Å². The van der Waals surface area contributed by atoms with Crippen LogP contribution in [-0.2, 0) is 0 Å². The average molecular weight is 211 g/mol. The second-order valence-electron chi connectivity index (χ2n) is 5.79. The molecule has 15 heavy (non-hydrogen) atoms. The van der Waals surface area contributed by atoms with E-state index in [0.717, 1.165) is 19.4 Å². The first-order chi connectivity index (χ1) is 7.18. The van der Waals surface area contributed by atoms with Crippen molar-refractivity contribution in [3.8, 4) is 0 Å². The summed E-state index contributed by atoms with van der Waals surface area (Å²) in [6, 6.07) is 0.686. The van der Waals surface area contributed by atoms with Gasteiger partial charge in [0.25, 0.3) is 0 Å². The third-order valence-corrected chi connectivity index (χ3v) is 4.14. The van der Waals surface area contributed by atoms with Gasteiger partial charge in [-0.1, -0.05) is 32.6 Å². The second-order valence-corrected chi connectivity index (χ2v) is 5.79. The van der Waals surface area contributed by atoms with E-state index in [0.29, 0.717) is 12.0 Å². The van der Waals surface area contributed by atoms with Gasteiger partial charge in [-0.05, 0) is 31.6 Å². The molecule has 2 unspecified atom stereocenters. The lowest BCUT2D eigenvalue weighted by Gasteiger charge is -2.36. The fourth-order valence-corrected chi connectivity index (χ4v) is 3.26. The van der Waals surface area contributed by atoms with E-state index < -0.39 is 5.60 Å². The van der Waals surface area contributed by atoms with Crippen LogP contribution in [-0.4, -0.2) is 23.3 Å². The van der Waals surface area contributed by atoms with Gasteiger partial charge in [0, 0.05) is 12.6 Å². The molecule has 88 valence electrons. The molecule has 2 nitrogen and oxygen atoms in total. The maximum atomic E-state index is 10.4. The van der Waals surface area contributed by atoms with Crippen LogP contribution in [0.3, 0.4) is 0 Å². The van der Waals surface area contributed by atoms with Crippen molar-refractivity contribution in [1.29, 1.82) is 0 Å². The molecule has 2 saturated carbocycles.